The zero-order valence-corrected chi connectivity index (χ0v) is 28.1. The number of ketones is 1. The Kier molecular flexibility index (Phi) is 10.2. The first-order valence-electron chi connectivity index (χ1n) is 16.0. The third-order valence-electron chi connectivity index (χ3n) is 8.55. The van der Waals surface area contributed by atoms with E-state index in [1.807, 2.05) is 74.5 Å². The van der Waals surface area contributed by atoms with E-state index in [4.69, 9.17) is 11.6 Å². The van der Waals surface area contributed by atoms with Gasteiger partial charge in [-0.3, -0.25) is 9.59 Å². The molecule has 0 radical (unpaired) electrons. The van der Waals surface area contributed by atoms with E-state index in [0.29, 0.717) is 18.4 Å². The lowest BCUT2D eigenvalue weighted by molar-refractivity contribution is -0.117. The molecule has 0 aromatic heterocycles. The fraction of sp³-hybridized carbons (Fsp3) is 0.238. The molecule has 1 atom stereocenters. The van der Waals surface area contributed by atoms with Crippen molar-refractivity contribution < 1.29 is 9.59 Å². The van der Waals surface area contributed by atoms with E-state index in [9.17, 15) is 9.59 Å². The Morgan fingerprint density at radius 2 is 1.26 bits per heavy atom. The first kappa shape index (κ1) is 32.9. The van der Waals surface area contributed by atoms with Crippen LogP contribution in [0.15, 0.2) is 115 Å². The zero-order valence-electron chi connectivity index (χ0n) is 27.4. The molecule has 1 N–H and O–H groups in total. The number of amides is 1. The zero-order chi connectivity index (χ0) is 32.8. The van der Waals surface area contributed by atoms with E-state index in [-0.39, 0.29) is 17.1 Å². The van der Waals surface area contributed by atoms with Crippen molar-refractivity contribution in [2.45, 2.75) is 65.2 Å². The maximum atomic E-state index is 13.9. The van der Waals surface area contributed by atoms with Crippen molar-refractivity contribution in [3.63, 3.8) is 0 Å². The van der Waals surface area contributed by atoms with Gasteiger partial charge in [0.05, 0.1) is 5.92 Å². The highest BCUT2D eigenvalue weighted by molar-refractivity contribution is 6.31. The minimum atomic E-state index is -0.423. The van der Waals surface area contributed by atoms with Crippen LogP contribution in [0.1, 0.15) is 79.1 Å². The van der Waals surface area contributed by atoms with Crippen LogP contribution >= 0.6 is 11.6 Å². The van der Waals surface area contributed by atoms with Crippen molar-refractivity contribution in [1.29, 1.82) is 0 Å². The second-order valence-electron chi connectivity index (χ2n) is 13.1. The summed E-state index contributed by atoms with van der Waals surface area (Å²) in [6.07, 6.45) is 1.86. The van der Waals surface area contributed by atoms with Gasteiger partial charge in [-0.1, -0.05) is 130 Å². The molecule has 5 aromatic rings. The van der Waals surface area contributed by atoms with E-state index in [1.54, 1.807) is 0 Å². The lowest BCUT2D eigenvalue weighted by atomic mass is 9.86. The van der Waals surface area contributed by atoms with Gasteiger partial charge in [0.25, 0.3) is 0 Å². The minimum Gasteiger partial charge on any atom is -0.326 e. The predicted molar refractivity (Wildman–Crippen MR) is 193 cm³/mol. The first-order valence-corrected chi connectivity index (χ1v) is 16.4. The van der Waals surface area contributed by atoms with Crippen LogP contribution in [-0.2, 0) is 16.6 Å². The summed E-state index contributed by atoms with van der Waals surface area (Å²) in [5.74, 6) is -0.358. The SMILES string of the molecule is CCCC(=O)c1ccc(C[C@@H](C(=O)Nc2ccc(-c3ccc(Cl)c(C)c3)cc2)c2ccc(-c3ccc(C(C)(C)C)cc3)cc2)cc1. The molecule has 4 heteroatoms. The fourth-order valence-corrected chi connectivity index (χ4v) is 5.78. The topological polar surface area (TPSA) is 46.2 Å². The van der Waals surface area contributed by atoms with Crippen LogP contribution in [0.4, 0.5) is 5.69 Å². The minimum absolute atomic E-state index is 0.0801. The fourth-order valence-electron chi connectivity index (χ4n) is 5.67. The van der Waals surface area contributed by atoms with Gasteiger partial charge in [-0.15, -0.1) is 0 Å². The number of halogens is 1. The van der Waals surface area contributed by atoms with Crippen molar-refractivity contribution in [2.24, 2.45) is 0 Å². The van der Waals surface area contributed by atoms with Gasteiger partial charge in [-0.05, 0) is 94.0 Å². The van der Waals surface area contributed by atoms with Crippen molar-refractivity contribution >= 4 is 29.0 Å². The number of benzene rings is 5. The Labute approximate surface area is 278 Å². The molecule has 0 spiro atoms. The molecule has 1 amide bonds. The molecule has 0 aliphatic heterocycles. The Bertz CT molecular complexity index is 1800. The first-order chi connectivity index (χ1) is 22.0. The van der Waals surface area contributed by atoms with Crippen LogP contribution in [0, 0.1) is 6.92 Å². The van der Waals surface area contributed by atoms with Crippen molar-refractivity contribution in [1.82, 2.24) is 0 Å². The number of anilines is 1. The molecule has 0 bridgehead atoms. The summed E-state index contributed by atoms with van der Waals surface area (Å²) in [7, 11) is 0. The number of nitrogens with one attached hydrogen (secondary N) is 1. The van der Waals surface area contributed by atoms with Gasteiger partial charge in [-0.25, -0.2) is 0 Å². The molecule has 0 unspecified atom stereocenters. The van der Waals surface area contributed by atoms with E-state index < -0.39 is 5.92 Å². The molecule has 0 saturated carbocycles. The smallest absolute Gasteiger partial charge is 0.232 e. The van der Waals surface area contributed by atoms with Crippen LogP contribution in [0.2, 0.25) is 5.02 Å². The van der Waals surface area contributed by atoms with Crippen molar-refractivity contribution in [2.75, 3.05) is 5.32 Å². The third-order valence-corrected chi connectivity index (χ3v) is 8.97. The number of Topliss-reactive ketones (excluding diaryl/α,β-unsaturated/α-hetero) is 1. The average molecular weight is 628 g/mol. The van der Waals surface area contributed by atoms with Gasteiger partial charge in [0.1, 0.15) is 0 Å². The Balaban J connectivity index is 1.39. The summed E-state index contributed by atoms with van der Waals surface area (Å²) in [6, 6.07) is 38.6. The quantitative estimate of drug-likeness (QED) is 0.157. The van der Waals surface area contributed by atoms with Gasteiger partial charge in [0.2, 0.25) is 5.91 Å². The monoisotopic (exact) mass is 627 g/mol. The lowest BCUT2D eigenvalue weighted by Gasteiger charge is -2.20. The number of hydrogen-bond acceptors (Lipinski definition) is 2. The summed E-state index contributed by atoms with van der Waals surface area (Å²) in [6.45, 7) is 10.6. The molecule has 5 aromatic carbocycles. The second kappa shape index (κ2) is 14.3. The summed E-state index contributed by atoms with van der Waals surface area (Å²) in [4.78, 5) is 26.3. The molecule has 0 saturated heterocycles. The van der Waals surface area contributed by atoms with Gasteiger partial charge < -0.3 is 5.32 Å². The number of carbonyl (C=O) groups excluding carboxylic acids is 2. The highest BCUT2D eigenvalue weighted by Crippen LogP contribution is 2.30. The predicted octanol–water partition coefficient (Wildman–Crippen LogP) is 11.2. The Morgan fingerprint density at radius 1 is 0.717 bits per heavy atom. The molecule has 0 aliphatic rings. The number of hydrogen-bond donors (Lipinski definition) is 1. The van der Waals surface area contributed by atoms with E-state index in [1.165, 1.54) is 5.56 Å². The van der Waals surface area contributed by atoms with E-state index >= 15 is 0 Å². The molecule has 0 heterocycles. The summed E-state index contributed by atoms with van der Waals surface area (Å²) >= 11 is 6.22. The Hall–Kier alpha value is -4.47. The maximum absolute atomic E-state index is 13.9. The molecule has 3 nitrogen and oxygen atoms in total. The third kappa shape index (κ3) is 8.02. The largest absolute Gasteiger partial charge is 0.326 e. The van der Waals surface area contributed by atoms with Crippen LogP contribution < -0.4 is 5.32 Å². The van der Waals surface area contributed by atoms with Crippen LogP contribution in [-0.4, -0.2) is 11.7 Å². The van der Waals surface area contributed by atoms with Crippen LogP contribution in [0.25, 0.3) is 22.3 Å². The van der Waals surface area contributed by atoms with Gasteiger partial charge in [0, 0.05) is 22.7 Å². The number of rotatable bonds is 10. The van der Waals surface area contributed by atoms with Gasteiger partial charge >= 0.3 is 0 Å². The van der Waals surface area contributed by atoms with E-state index in [0.717, 1.165) is 56.1 Å². The molecule has 5 rings (SSSR count). The van der Waals surface area contributed by atoms with E-state index in [2.05, 4.69) is 80.7 Å². The second-order valence-corrected chi connectivity index (χ2v) is 13.5. The van der Waals surface area contributed by atoms with Crippen molar-refractivity contribution in [3.8, 4) is 22.3 Å². The molecular formula is C42H42ClNO2. The maximum Gasteiger partial charge on any atom is 0.232 e. The summed E-state index contributed by atoms with van der Waals surface area (Å²) < 4.78 is 0. The molecule has 0 aliphatic carbocycles. The van der Waals surface area contributed by atoms with Crippen molar-refractivity contribution in [3.05, 3.63) is 148 Å². The number of aryl methyl sites for hydroxylation is 1. The summed E-state index contributed by atoms with van der Waals surface area (Å²) in [5, 5.41) is 3.90. The number of carbonyl (C=O) groups is 2. The highest BCUT2D eigenvalue weighted by Gasteiger charge is 2.22. The van der Waals surface area contributed by atoms with Crippen LogP contribution in [0.5, 0.6) is 0 Å². The highest BCUT2D eigenvalue weighted by atomic mass is 35.5. The molecular weight excluding hydrogens is 586 g/mol. The standard InChI is InChI=1S/C42H42ClNO2/c1-6-7-40(45)34-10-8-29(9-11-34)27-38(33-14-12-30(13-15-33)31-16-21-36(22-17-31)42(3,4)5)41(46)44-37-23-18-32(19-24-37)35-20-25-39(43)28(2)26-35/h8-26,38H,6-7,27H2,1-5H3,(H,44,46)/t38-/m1/s1. The van der Waals surface area contributed by atoms with Gasteiger partial charge in [0.15, 0.2) is 5.78 Å². The normalized spacial score (nSPS) is 12.0. The average Bonchev–Trinajstić information content (AvgIpc) is 3.05. The molecule has 46 heavy (non-hydrogen) atoms. The molecule has 234 valence electrons. The lowest BCUT2D eigenvalue weighted by Crippen LogP contribution is -2.23. The van der Waals surface area contributed by atoms with Gasteiger partial charge in [-0.2, -0.15) is 0 Å². The Morgan fingerprint density at radius 3 is 1.83 bits per heavy atom. The summed E-state index contributed by atoms with van der Waals surface area (Å²) in [5.41, 5.74) is 10.2. The van der Waals surface area contributed by atoms with Crippen LogP contribution in [0.3, 0.4) is 0 Å². The molecule has 0 fully saturated rings.